The Labute approximate surface area is 150 Å². The Bertz CT molecular complexity index is 673. The zero-order chi connectivity index (χ0) is 17.7. The van der Waals surface area contributed by atoms with E-state index in [4.69, 9.17) is 0 Å². The van der Waals surface area contributed by atoms with Crippen LogP contribution in [0.25, 0.3) is 0 Å². The molecule has 25 heavy (non-hydrogen) atoms. The monoisotopic (exact) mass is 364 g/mol. The van der Waals surface area contributed by atoms with E-state index >= 15 is 0 Å². The topological polar surface area (TPSA) is 66.5 Å². The predicted octanol–water partition coefficient (Wildman–Crippen LogP) is 2.65. The average Bonchev–Trinajstić information content (AvgIpc) is 3.32. The normalized spacial score (nSPS) is 18.6. The first-order valence-electron chi connectivity index (χ1n) is 9.37. The van der Waals surface area contributed by atoms with Gasteiger partial charge in [-0.2, -0.15) is 0 Å². The van der Waals surface area contributed by atoms with Crippen molar-refractivity contribution < 1.29 is 13.2 Å². The summed E-state index contributed by atoms with van der Waals surface area (Å²) in [4.78, 5) is 14.3. The quantitative estimate of drug-likeness (QED) is 0.808. The van der Waals surface area contributed by atoms with Crippen LogP contribution in [-0.2, 0) is 21.2 Å². The highest BCUT2D eigenvalue weighted by Gasteiger charge is 2.28. The standard InChI is InChI=1S/C19H28N2O3S/c22-19(11-14-25(23,24)18-5-1-2-6-18)20-15-16-7-9-17(10-8-16)21-12-3-4-13-21/h7-10,18H,1-6,11-15H2,(H,20,22). The Morgan fingerprint density at radius 1 is 1.04 bits per heavy atom. The molecule has 0 atom stereocenters. The molecule has 1 amide bonds. The summed E-state index contributed by atoms with van der Waals surface area (Å²) in [7, 11) is -3.12. The van der Waals surface area contributed by atoms with Gasteiger partial charge in [0.25, 0.3) is 0 Å². The molecule has 1 aromatic carbocycles. The zero-order valence-corrected chi connectivity index (χ0v) is 15.6. The van der Waals surface area contributed by atoms with Crippen LogP contribution >= 0.6 is 0 Å². The fraction of sp³-hybridized carbons (Fsp3) is 0.632. The number of nitrogens with zero attached hydrogens (tertiary/aromatic N) is 1. The van der Waals surface area contributed by atoms with E-state index < -0.39 is 9.84 Å². The van der Waals surface area contributed by atoms with Gasteiger partial charge in [0.2, 0.25) is 5.91 Å². The summed E-state index contributed by atoms with van der Waals surface area (Å²) < 4.78 is 24.4. The minimum Gasteiger partial charge on any atom is -0.372 e. The van der Waals surface area contributed by atoms with E-state index in [2.05, 4.69) is 22.3 Å². The molecule has 0 spiro atoms. The van der Waals surface area contributed by atoms with Crippen LogP contribution in [0.15, 0.2) is 24.3 Å². The first-order valence-corrected chi connectivity index (χ1v) is 11.1. The highest BCUT2D eigenvalue weighted by Crippen LogP contribution is 2.25. The molecule has 1 heterocycles. The zero-order valence-electron chi connectivity index (χ0n) is 14.7. The Morgan fingerprint density at radius 2 is 1.68 bits per heavy atom. The lowest BCUT2D eigenvalue weighted by atomic mass is 10.2. The molecule has 1 saturated heterocycles. The summed E-state index contributed by atoms with van der Waals surface area (Å²) in [6.07, 6.45) is 6.06. The number of benzene rings is 1. The second-order valence-corrected chi connectivity index (χ2v) is 9.56. The van der Waals surface area contributed by atoms with Crippen molar-refractivity contribution in [2.75, 3.05) is 23.7 Å². The number of amides is 1. The molecule has 0 bridgehead atoms. The van der Waals surface area contributed by atoms with Crippen molar-refractivity contribution in [1.82, 2.24) is 5.32 Å². The summed E-state index contributed by atoms with van der Waals surface area (Å²) in [5.74, 6) is -0.220. The summed E-state index contributed by atoms with van der Waals surface area (Å²) in [6.45, 7) is 2.68. The average molecular weight is 365 g/mol. The molecule has 1 saturated carbocycles. The highest BCUT2D eigenvalue weighted by atomic mass is 32.2. The lowest BCUT2D eigenvalue weighted by Crippen LogP contribution is -2.28. The molecule has 138 valence electrons. The molecule has 5 nitrogen and oxygen atoms in total. The lowest BCUT2D eigenvalue weighted by molar-refractivity contribution is -0.120. The summed E-state index contributed by atoms with van der Waals surface area (Å²) >= 11 is 0. The van der Waals surface area contributed by atoms with Crippen molar-refractivity contribution in [3.8, 4) is 0 Å². The van der Waals surface area contributed by atoms with E-state index in [0.29, 0.717) is 6.54 Å². The summed E-state index contributed by atoms with van der Waals surface area (Å²) in [6, 6.07) is 8.25. The molecule has 1 N–H and O–H groups in total. The maximum atomic E-state index is 12.2. The maximum Gasteiger partial charge on any atom is 0.221 e. The molecule has 0 radical (unpaired) electrons. The molecule has 1 aliphatic carbocycles. The second kappa shape index (κ2) is 8.21. The van der Waals surface area contributed by atoms with Gasteiger partial charge < -0.3 is 10.2 Å². The molecule has 0 unspecified atom stereocenters. The Kier molecular flexibility index (Phi) is 5.99. The van der Waals surface area contributed by atoms with Gasteiger partial charge in [0.05, 0.1) is 11.0 Å². The van der Waals surface area contributed by atoms with Gasteiger partial charge in [-0.25, -0.2) is 8.42 Å². The van der Waals surface area contributed by atoms with Crippen LogP contribution in [0.2, 0.25) is 0 Å². The predicted molar refractivity (Wildman–Crippen MR) is 100 cm³/mol. The van der Waals surface area contributed by atoms with E-state index in [9.17, 15) is 13.2 Å². The third-order valence-corrected chi connectivity index (χ3v) is 7.58. The van der Waals surface area contributed by atoms with Crippen LogP contribution in [0.3, 0.4) is 0 Å². The van der Waals surface area contributed by atoms with E-state index in [1.807, 2.05) is 12.1 Å². The van der Waals surface area contributed by atoms with Crippen molar-refractivity contribution in [2.24, 2.45) is 0 Å². The van der Waals surface area contributed by atoms with Crippen LogP contribution in [0, 0.1) is 0 Å². The van der Waals surface area contributed by atoms with Crippen LogP contribution in [0.4, 0.5) is 5.69 Å². The van der Waals surface area contributed by atoms with E-state index in [1.165, 1.54) is 18.5 Å². The number of sulfone groups is 1. The molecule has 1 aliphatic heterocycles. The van der Waals surface area contributed by atoms with Gasteiger partial charge in [0.1, 0.15) is 0 Å². The van der Waals surface area contributed by atoms with Crippen molar-refractivity contribution >= 4 is 21.4 Å². The smallest absolute Gasteiger partial charge is 0.221 e. The fourth-order valence-corrected chi connectivity index (χ4v) is 5.59. The third kappa shape index (κ3) is 4.97. The number of anilines is 1. The van der Waals surface area contributed by atoms with Crippen molar-refractivity contribution in [1.29, 1.82) is 0 Å². The highest BCUT2D eigenvalue weighted by molar-refractivity contribution is 7.92. The summed E-state index contributed by atoms with van der Waals surface area (Å²) in [5.41, 5.74) is 2.27. The summed E-state index contributed by atoms with van der Waals surface area (Å²) in [5, 5.41) is 2.61. The third-order valence-electron chi connectivity index (χ3n) is 5.32. The van der Waals surface area contributed by atoms with Crippen LogP contribution in [0.1, 0.15) is 50.5 Å². The van der Waals surface area contributed by atoms with Crippen LogP contribution in [0.5, 0.6) is 0 Å². The largest absolute Gasteiger partial charge is 0.372 e. The molecule has 3 rings (SSSR count). The van der Waals surface area contributed by atoms with Gasteiger partial charge >= 0.3 is 0 Å². The Hall–Kier alpha value is -1.56. The van der Waals surface area contributed by atoms with Gasteiger partial charge in [-0.05, 0) is 43.4 Å². The van der Waals surface area contributed by atoms with Gasteiger partial charge in [0.15, 0.2) is 9.84 Å². The maximum absolute atomic E-state index is 12.2. The number of rotatable bonds is 7. The Balaban J connectivity index is 1.42. The van der Waals surface area contributed by atoms with E-state index in [0.717, 1.165) is 44.3 Å². The molecule has 2 fully saturated rings. The second-order valence-electron chi connectivity index (χ2n) is 7.16. The molecule has 6 heteroatoms. The van der Waals surface area contributed by atoms with Gasteiger partial charge in [-0.15, -0.1) is 0 Å². The minimum absolute atomic E-state index is 0.0304. The molecule has 2 aliphatic rings. The van der Waals surface area contributed by atoms with Crippen molar-refractivity contribution in [2.45, 2.75) is 56.7 Å². The minimum atomic E-state index is -3.12. The molecule has 1 aromatic rings. The fourth-order valence-electron chi connectivity index (χ4n) is 3.74. The molecular formula is C19H28N2O3S. The number of carbonyl (C=O) groups excluding carboxylic acids is 1. The van der Waals surface area contributed by atoms with Crippen LogP contribution in [-0.4, -0.2) is 38.4 Å². The number of carbonyl (C=O) groups is 1. The first kappa shape index (κ1) is 18.2. The SMILES string of the molecule is O=C(CCS(=O)(=O)C1CCCC1)NCc1ccc(N2CCCC2)cc1. The van der Waals surface area contributed by atoms with Crippen LogP contribution < -0.4 is 10.2 Å². The lowest BCUT2D eigenvalue weighted by Gasteiger charge is -2.17. The van der Waals surface area contributed by atoms with E-state index in [-0.39, 0.29) is 23.3 Å². The number of hydrogen-bond donors (Lipinski definition) is 1. The Morgan fingerprint density at radius 3 is 2.32 bits per heavy atom. The number of nitrogens with one attached hydrogen (secondary N) is 1. The molecular weight excluding hydrogens is 336 g/mol. The number of hydrogen-bond acceptors (Lipinski definition) is 4. The molecule has 0 aromatic heterocycles. The van der Waals surface area contributed by atoms with Crippen molar-refractivity contribution in [3.05, 3.63) is 29.8 Å². The van der Waals surface area contributed by atoms with Gasteiger partial charge in [-0.3, -0.25) is 4.79 Å². The van der Waals surface area contributed by atoms with Gasteiger partial charge in [-0.1, -0.05) is 25.0 Å². The van der Waals surface area contributed by atoms with Crippen molar-refractivity contribution in [3.63, 3.8) is 0 Å². The van der Waals surface area contributed by atoms with E-state index in [1.54, 1.807) is 0 Å². The first-order chi connectivity index (χ1) is 12.0. The van der Waals surface area contributed by atoms with Gasteiger partial charge in [0, 0.05) is 31.7 Å².